The number of hydrogen-bond donors (Lipinski definition) is 4. The Kier molecular flexibility index (Phi) is 6.09. The topological polar surface area (TPSA) is 157 Å². The van der Waals surface area contributed by atoms with E-state index >= 15 is 0 Å². The van der Waals surface area contributed by atoms with Crippen molar-refractivity contribution in [3.05, 3.63) is 20.4 Å². The number of rotatable bonds is 8. The largest absolute Gasteiger partial charge is 0.868 e. The van der Waals surface area contributed by atoms with Crippen LogP contribution in [0.15, 0.2) is 9.59 Å². The van der Waals surface area contributed by atoms with E-state index in [1.165, 1.54) is 0 Å². The second kappa shape index (κ2) is 8.27. The molecule has 136 valence electrons. The Hall–Kier alpha value is -2.91. The molecule has 0 saturated heterocycles. The number of hydrogen-bond acceptors (Lipinski definition) is 7. The molecule has 1 aromatic carbocycles. The smallest absolute Gasteiger partial charge is 0.249 e. The summed E-state index contributed by atoms with van der Waals surface area (Å²) in [7, 11) is 0. The predicted octanol–water partition coefficient (Wildman–Crippen LogP) is -1.69. The van der Waals surface area contributed by atoms with Gasteiger partial charge in [0.05, 0.1) is 0 Å². The maximum Gasteiger partial charge on any atom is 0.249 e. The monoisotopic (exact) mass is 351 g/mol. The fraction of sp³-hybridized carbons (Fsp3) is 0.533. The predicted molar refractivity (Wildman–Crippen MR) is 84.7 cm³/mol. The lowest BCUT2D eigenvalue weighted by atomic mass is 9.85. The Morgan fingerprint density at radius 3 is 2.04 bits per heavy atom. The Labute approximate surface area is 142 Å². The van der Waals surface area contributed by atoms with Gasteiger partial charge in [0.15, 0.2) is 0 Å². The van der Waals surface area contributed by atoms with Gasteiger partial charge in [0, 0.05) is 18.8 Å². The van der Waals surface area contributed by atoms with E-state index < -0.39 is 28.2 Å². The van der Waals surface area contributed by atoms with Crippen molar-refractivity contribution >= 4 is 23.4 Å². The molecule has 1 aromatic rings. The maximum absolute atomic E-state index is 11.5. The average Bonchev–Trinajstić information content (AvgIpc) is 2.54. The van der Waals surface area contributed by atoms with Gasteiger partial charge in [-0.1, -0.05) is 6.42 Å². The van der Waals surface area contributed by atoms with Crippen LogP contribution in [0.4, 0.5) is 5.69 Å². The van der Waals surface area contributed by atoms with Gasteiger partial charge in [-0.2, -0.15) is 0 Å². The van der Waals surface area contributed by atoms with Gasteiger partial charge in [-0.05, 0) is 31.4 Å². The molecule has 0 unspecified atom stereocenters. The van der Waals surface area contributed by atoms with Crippen LogP contribution >= 0.6 is 0 Å². The highest BCUT2D eigenvalue weighted by molar-refractivity contribution is 5.83. The summed E-state index contributed by atoms with van der Waals surface area (Å²) in [5, 5.41) is 11.0. The molecule has 1 aliphatic rings. The summed E-state index contributed by atoms with van der Waals surface area (Å²) < 4.78 is 0. The number of hydrazine groups is 2. The van der Waals surface area contributed by atoms with Gasteiger partial charge in [-0.3, -0.25) is 45.7 Å². The van der Waals surface area contributed by atoms with Crippen molar-refractivity contribution in [2.75, 3.05) is 5.43 Å². The molecule has 25 heavy (non-hydrogen) atoms. The molecular weight excluding hydrogens is 332 g/mol. The van der Waals surface area contributed by atoms with E-state index in [4.69, 9.17) is 0 Å². The van der Waals surface area contributed by atoms with Crippen LogP contribution in [0.25, 0.3) is 0 Å². The lowest BCUT2D eigenvalue weighted by molar-refractivity contribution is -0.270. The molecule has 10 nitrogen and oxygen atoms in total. The molecule has 0 radical (unpaired) electrons. The normalized spacial score (nSPS) is 13.8. The summed E-state index contributed by atoms with van der Waals surface area (Å²) in [6, 6.07) is 0. The molecule has 1 fully saturated rings. The first-order chi connectivity index (χ1) is 11.9. The van der Waals surface area contributed by atoms with Gasteiger partial charge in [0.25, 0.3) is 0 Å². The first kappa shape index (κ1) is 18.4. The quantitative estimate of drug-likeness (QED) is 0.247. The van der Waals surface area contributed by atoms with Gasteiger partial charge in [-0.25, -0.2) is 0 Å². The summed E-state index contributed by atoms with van der Waals surface area (Å²) in [6.45, 7) is 0. The lowest BCUT2D eigenvalue weighted by Gasteiger charge is -2.23. The summed E-state index contributed by atoms with van der Waals surface area (Å²) in [4.78, 5) is 56.3. The van der Waals surface area contributed by atoms with Gasteiger partial charge >= 0.3 is 0 Å². The molecule has 4 N–H and O–H groups in total. The van der Waals surface area contributed by atoms with Crippen LogP contribution in [0.3, 0.4) is 0 Å². The van der Waals surface area contributed by atoms with Gasteiger partial charge < -0.3 is 5.11 Å². The number of anilines is 1. The van der Waals surface area contributed by atoms with Crippen LogP contribution in [0.2, 0.25) is 0 Å². The van der Waals surface area contributed by atoms with Crippen molar-refractivity contribution in [3.8, 4) is 5.75 Å². The number of carbonyl (C=O) groups excluding carboxylic acids is 3. The molecule has 0 spiro atoms. The van der Waals surface area contributed by atoms with Crippen molar-refractivity contribution in [1.82, 2.24) is 16.3 Å². The van der Waals surface area contributed by atoms with Crippen LogP contribution < -0.4 is 37.7 Å². The highest BCUT2D eigenvalue weighted by Gasteiger charge is 2.25. The molecule has 3 amide bonds. The Bertz CT molecular complexity index is 733. The highest BCUT2D eigenvalue weighted by atomic mass is 16.3. The molecule has 1 aliphatic carbocycles. The first-order valence-corrected chi connectivity index (χ1v) is 8.04. The third kappa shape index (κ3) is 4.78. The summed E-state index contributed by atoms with van der Waals surface area (Å²) in [6.07, 6.45) is 3.75. The Morgan fingerprint density at radius 1 is 0.920 bits per heavy atom. The van der Waals surface area contributed by atoms with Crippen LogP contribution in [-0.2, 0) is 14.4 Å². The van der Waals surface area contributed by atoms with Crippen LogP contribution in [0, 0.1) is 5.92 Å². The zero-order valence-corrected chi connectivity index (χ0v) is 13.5. The second-order valence-corrected chi connectivity index (χ2v) is 5.91. The lowest BCUT2D eigenvalue weighted by Crippen LogP contribution is -2.45. The van der Waals surface area contributed by atoms with E-state index in [0.717, 1.165) is 19.3 Å². The van der Waals surface area contributed by atoms with E-state index in [0.29, 0.717) is 12.8 Å². The molecule has 0 heterocycles. The maximum atomic E-state index is 11.5. The van der Waals surface area contributed by atoms with E-state index in [-0.39, 0.29) is 30.6 Å². The van der Waals surface area contributed by atoms with Crippen molar-refractivity contribution in [2.24, 2.45) is 5.92 Å². The molecule has 1 saturated carbocycles. The van der Waals surface area contributed by atoms with Crippen molar-refractivity contribution < 1.29 is 19.5 Å². The van der Waals surface area contributed by atoms with Crippen molar-refractivity contribution in [1.29, 1.82) is 0 Å². The van der Waals surface area contributed by atoms with Crippen molar-refractivity contribution in [2.45, 2.75) is 44.9 Å². The van der Waals surface area contributed by atoms with Crippen LogP contribution in [-0.4, -0.2) is 17.7 Å². The minimum atomic E-state index is -1.10. The van der Waals surface area contributed by atoms with Gasteiger partial charge in [-0.15, -0.1) is 0 Å². The fourth-order valence-corrected chi connectivity index (χ4v) is 2.22. The van der Waals surface area contributed by atoms with Crippen LogP contribution in [0.5, 0.6) is 5.75 Å². The zero-order chi connectivity index (χ0) is 18.4. The molecule has 10 heteroatoms. The third-order valence-corrected chi connectivity index (χ3v) is 4.05. The molecule has 2 rings (SSSR count). The molecule has 0 aliphatic heterocycles. The summed E-state index contributed by atoms with van der Waals surface area (Å²) in [5.74, 6) is -1.97. The molecular formula is C15H19N4O6-. The molecule has 0 bridgehead atoms. The van der Waals surface area contributed by atoms with Crippen molar-refractivity contribution in [3.63, 3.8) is 0 Å². The van der Waals surface area contributed by atoms with E-state index in [9.17, 15) is 29.1 Å². The van der Waals surface area contributed by atoms with E-state index in [1.54, 1.807) is 0 Å². The first-order valence-electron chi connectivity index (χ1n) is 8.04. The highest BCUT2D eigenvalue weighted by Crippen LogP contribution is 2.25. The van der Waals surface area contributed by atoms with E-state index in [1.807, 2.05) is 0 Å². The number of amides is 3. The Balaban J connectivity index is 1.52. The molecule has 0 aromatic heterocycles. The average molecular weight is 351 g/mol. The standard InChI is InChI=1S/C15H20N4O6/c20-9(16-18-11-12(22)14(24)13(11)23)6-1-2-7-10(21)17-19-15(25)8-4-3-5-8/h8,18,22H,1-7H2,(H,16,20)(H,17,21)(H,19,25)/p-1. The van der Waals surface area contributed by atoms with Crippen LogP contribution in [0.1, 0.15) is 44.9 Å². The van der Waals surface area contributed by atoms with Gasteiger partial charge in [0.2, 0.25) is 28.6 Å². The SMILES string of the molecule is O=C(CCCCC(=O)NNc1c([O-])c(=O)c1=O)NNC(=O)C1CCC1. The Morgan fingerprint density at radius 2 is 1.52 bits per heavy atom. The summed E-state index contributed by atoms with van der Waals surface area (Å²) in [5.41, 5.74) is 6.46. The minimum Gasteiger partial charge on any atom is -0.868 e. The molecule has 0 atom stereocenters. The second-order valence-electron chi connectivity index (χ2n) is 5.91. The van der Waals surface area contributed by atoms with E-state index in [2.05, 4.69) is 21.7 Å². The number of unbranched alkanes of at least 4 members (excludes halogenated alkanes) is 1. The van der Waals surface area contributed by atoms with Gasteiger partial charge in [0.1, 0.15) is 5.69 Å². The third-order valence-electron chi connectivity index (χ3n) is 4.05. The number of carbonyl (C=O) groups is 3. The minimum absolute atomic E-state index is 0.0147. The summed E-state index contributed by atoms with van der Waals surface area (Å²) >= 11 is 0. The fourth-order valence-electron chi connectivity index (χ4n) is 2.22. The zero-order valence-electron chi connectivity index (χ0n) is 13.5. The number of nitrogens with one attached hydrogen (secondary N) is 4.